The van der Waals surface area contributed by atoms with Gasteiger partial charge in [0.2, 0.25) is 5.17 Å². The van der Waals surface area contributed by atoms with E-state index in [1.807, 2.05) is 6.07 Å². The number of thiophene rings is 1. The van der Waals surface area contributed by atoms with Crippen molar-refractivity contribution < 1.29 is 9.57 Å². The molecule has 5 heterocycles. The summed E-state index contributed by atoms with van der Waals surface area (Å²) in [6, 6.07) is 12.6. The van der Waals surface area contributed by atoms with Crippen molar-refractivity contribution in [1.82, 2.24) is 15.1 Å². The van der Waals surface area contributed by atoms with Crippen LogP contribution in [-0.4, -0.2) is 65.3 Å². The van der Waals surface area contributed by atoms with E-state index in [1.54, 1.807) is 23.1 Å². The van der Waals surface area contributed by atoms with Crippen molar-refractivity contribution in [3.05, 3.63) is 46.8 Å². The lowest BCUT2D eigenvalue weighted by atomic mass is 10.1. The molecule has 3 aliphatic rings. The molecule has 6 rings (SSSR count). The van der Waals surface area contributed by atoms with Gasteiger partial charge in [-0.2, -0.15) is 0 Å². The molecule has 3 aromatic rings. The van der Waals surface area contributed by atoms with E-state index in [0.29, 0.717) is 6.61 Å². The van der Waals surface area contributed by atoms with Crippen LogP contribution < -0.4 is 15.6 Å². The number of hydrogen-bond donors (Lipinski definition) is 1. The molecule has 0 bridgehead atoms. The van der Waals surface area contributed by atoms with E-state index in [4.69, 9.17) is 25.4 Å². The number of aromatic nitrogens is 1. The lowest BCUT2D eigenvalue weighted by molar-refractivity contribution is 0.0172. The number of benzene rings is 1. The van der Waals surface area contributed by atoms with Crippen molar-refractivity contribution in [2.24, 2.45) is 10.8 Å². The molecule has 0 amide bonds. The fourth-order valence-electron chi connectivity index (χ4n) is 4.61. The Morgan fingerprint density at radius 2 is 1.97 bits per heavy atom. The molecule has 1 saturated heterocycles. The lowest BCUT2D eigenvalue weighted by Crippen LogP contribution is -2.47. The number of hydroxylamine groups is 1. The second-order valence-electron chi connectivity index (χ2n) is 8.64. The summed E-state index contributed by atoms with van der Waals surface area (Å²) in [5.74, 6) is 8.97. The predicted molar refractivity (Wildman–Crippen MR) is 139 cm³/mol. The fraction of sp³-hybridized carbons (Fsp3) is 0.417. The van der Waals surface area contributed by atoms with E-state index in [1.165, 1.54) is 21.0 Å². The molecule has 8 nitrogen and oxygen atoms in total. The summed E-state index contributed by atoms with van der Waals surface area (Å²) in [5, 5.41) is 4.15. The van der Waals surface area contributed by atoms with E-state index >= 15 is 0 Å². The number of thioether (sulfide) groups is 1. The van der Waals surface area contributed by atoms with Crippen LogP contribution in [0.15, 0.2) is 41.4 Å². The lowest BCUT2D eigenvalue weighted by Gasteiger charge is -2.35. The minimum absolute atomic E-state index is 0.642. The van der Waals surface area contributed by atoms with Gasteiger partial charge in [0.25, 0.3) is 0 Å². The molecule has 34 heavy (non-hydrogen) atoms. The maximum atomic E-state index is 6.13. The van der Waals surface area contributed by atoms with E-state index in [9.17, 15) is 0 Å². The Bertz CT molecular complexity index is 1210. The van der Waals surface area contributed by atoms with Crippen LogP contribution in [0.4, 0.5) is 10.8 Å². The van der Waals surface area contributed by atoms with Gasteiger partial charge in [0.15, 0.2) is 10.8 Å². The first kappa shape index (κ1) is 22.1. The Balaban J connectivity index is 0.981. The quantitative estimate of drug-likeness (QED) is 0.422. The number of amidine groups is 1. The molecule has 178 valence electrons. The number of fused-ring (bicyclic) bond motifs is 4. The first-order chi connectivity index (χ1) is 16.7. The second-order valence-corrected chi connectivity index (χ2v) is 10.8. The summed E-state index contributed by atoms with van der Waals surface area (Å²) in [6.07, 6.45) is 1.94. The zero-order valence-corrected chi connectivity index (χ0v) is 20.6. The van der Waals surface area contributed by atoms with Crippen molar-refractivity contribution in [2.45, 2.75) is 19.4 Å². The van der Waals surface area contributed by atoms with Gasteiger partial charge in [-0.1, -0.05) is 30.0 Å². The Morgan fingerprint density at radius 1 is 1.09 bits per heavy atom. The van der Waals surface area contributed by atoms with Crippen molar-refractivity contribution in [2.75, 3.05) is 50.0 Å². The zero-order chi connectivity index (χ0) is 22.9. The van der Waals surface area contributed by atoms with Crippen LogP contribution in [0.25, 0.3) is 10.9 Å². The highest BCUT2D eigenvalue weighted by Crippen LogP contribution is 2.47. The van der Waals surface area contributed by atoms with Gasteiger partial charge in [-0.05, 0) is 31.2 Å². The molecule has 2 N–H and O–H groups in total. The van der Waals surface area contributed by atoms with Crippen molar-refractivity contribution in [3.63, 3.8) is 0 Å². The van der Waals surface area contributed by atoms with Crippen LogP contribution in [0.5, 0.6) is 5.75 Å². The summed E-state index contributed by atoms with van der Waals surface area (Å²) >= 11 is 3.31. The minimum Gasteiger partial charge on any atom is -0.376 e. The summed E-state index contributed by atoms with van der Waals surface area (Å²) in [7, 11) is 0. The van der Waals surface area contributed by atoms with E-state index in [0.717, 1.165) is 85.2 Å². The second kappa shape index (κ2) is 9.71. The molecule has 0 radical (unpaired) electrons. The van der Waals surface area contributed by atoms with Gasteiger partial charge < -0.3 is 14.5 Å². The number of para-hydroxylation sites is 1. The van der Waals surface area contributed by atoms with Gasteiger partial charge in [-0.15, -0.1) is 16.5 Å². The molecule has 0 unspecified atom stereocenters. The molecule has 0 aliphatic carbocycles. The minimum atomic E-state index is 0.642. The van der Waals surface area contributed by atoms with Crippen LogP contribution in [0.1, 0.15) is 16.9 Å². The monoisotopic (exact) mass is 496 g/mol. The third-order valence-corrected chi connectivity index (χ3v) is 8.56. The average Bonchev–Trinajstić information content (AvgIpc) is 3.24. The van der Waals surface area contributed by atoms with Gasteiger partial charge in [-0.3, -0.25) is 4.90 Å². The summed E-state index contributed by atoms with van der Waals surface area (Å²) in [4.78, 5) is 21.7. The third-order valence-electron chi connectivity index (χ3n) is 6.46. The number of nitrogens with two attached hydrogens (primary N) is 1. The molecular formula is C24H28N6O2S2. The number of piperazine rings is 1. The van der Waals surface area contributed by atoms with Gasteiger partial charge in [0.1, 0.15) is 5.82 Å². The molecular weight excluding hydrogens is 468 g/mol. The van der Waals surface area contributed by atoms with Gasteiger partial charge >= 0.3 is 0 Å². The number of aliphatic imine (C=N–C) groups is 1. The Kier molecular flexibility index (Phi) is 6.32. The summed E-state index contributed by atoms with van der Waals surface area (Å²) in [6.45, 7) is 6.55. The van der Waals surface area contributed by atoms with E-state index in [2.05, 4.69) is 40.1 Å². The number of nitrogens with zero attached hydrogens (tertiary/aromatic N) is 5. The normalized spacial score (nSPS) is 18.4. The first-order valence-electron chi connectivity index (χ1n) is 11.7. The molecule has 0 atom stereocenters. The predicted octanol–water partition coefficient (Wildman–Crippen LogP) is 3.79. The molecule has 1 fully saturated rings. The van der Waals surface area contributed by atoms with E-state index < -0.39 is 0 Å². The van der Waals surface area contributed by atoms with Gasteiger partial charge in [0, 0.05) is 54.2 Å². The summed E-state index contributed by atoms with van der Waals surface area (Å²) in [5.41, 5.74) is 2.26. The molecule has 0 saturated carbocycles. The van der Waals surface area contributed by atoms with Crippen LogP contribution in [-0.2, 0) is 17.8 Å². The largest absolute Gasteiger partial charge is 0.376 e. The Labute approximate surface area is 207 Å². The highest BCUT2D eigenvalue weighted by Gasteiger charge is 2.29. The standard InChI is InChI=1S/C24H28N6O2S2/c25-30-24(27-23-22(32-30)18-8-14-31-16-20(18)34-23)33-15-3-9-28-10-12-29(13-11-28)21-7-6-17-4-1-2-5-19(17)26-21/h1-2,4-7H,3,8-16,25H2. The van der Waals surface area contributed by atoms with Crippen LogP contribution in [0.2, 0.25) is 0 Å². The number of pyridine rings is 1. The molecule has 0 spiro atoms. The van der Waals surface area contributed by atoms with Crippen molar-refractivity contribution >= 4 is 50.0 Å². The van der Waals surface area contributed by atoms with Crippen molar-refractivity contribution in [1.29, 1.82) is 0 Å². The number of hydrazine groups is 1. The van der Waals surface area contributed by atoms with Gasteiger partial charge in [0.05, 0.1) is 18.7 Å². The number of rotatable bonds is 5. The zero-order valence-electron chi connectivity index (χ0n) is 19.0. The molecule has 3 aliphatic heterocycles. The third kappa shape index (κ3) is 4.48. The maximum absolute atomic E-state index is 6.13. The van der Waals surface area contributed by atoms with Crippen LogP contribution in [0, 0.1) is 0 Å². The molecule has 2 aromatic heterocycles. The Hall–Kier alpha value is -2.37. The van der Waals surface area contributed by atoms with E-state index in [-0.39, 0.29) is 0 Å². The molecule has 10 heteroatoms. The van der Waals surface area contributed by atoms with Gasteiger partial charge in [-0.25, -0.2) is 15.8 Å². The highest BCUT2D eigenvalue weighted by atomic mass is 32.2. The topological polar surface area (TPSA) is 79.5 Å². The summed E-state index contributed by atoms with van der Waals surface area (Å²) < 4.78 is 5.56. The van der Waals surface area contributed by atoms with Crippen LogP contribution >= 0.6 is 23.1 Å². The van der Waals surface area contributed by atoms with Crippen LogP contribution in [0.3, 0.4) is 0 Å². The maximum Gasteiger partial charge on any atom is 0.218 e. The fourth-order valence-corrected chi connectivity index (χ4v) is 6.52. The first-order valence-corrected chi connectivity index (χ1v) is 13.5. The highest BCUT2D eigenvalue weighted by molar-refractivity contribution is 8.13. The van der Waals surface area contributed by atoms with Crippen molar-refractivity contribution in [3.8, 4) is 5.75 Å². The number of hydrogen-bond acceptors (Lipinski definition) is 10. The smallest absolute Gasteiger partial charge is 0.218 e. The molecule has 1 aromatic carbocycles. The SMILES string of the molecule is NN1Oc2c(sc3c2CCOC3)N=C1SCCCN1CCN(c2ccc3ccccc3n2)CC1. The number of anilines is 1. The average molecular weight is 497 g/mol. The Morgan fingerprint density at radius 3 is 2.88 bits per heavy atom. The number of ether oxygens (including phenoxy) is 1.